The molecule has 1 fully saturated rings. The van der Waals surface area contributed by atoms with Crippen molar-refractivity contribution in [3.63, 3.8) is 0 Å². The van der Waals surface area contributed by atoms with Gasteiger partial charge in [0.15, 0.2) is 5.82 Å². The second-order valence-electron chi connectivity index (χ2n) is 7.20. The summed E-state index contributed by atoms with van der Waals surface area (Å²) in [6, 6.07) is 12.8. The topological polar surface area (TPSA) is 63.8 Å². The fraction of sp³-hybridized carbons (Fsp3) is 0.300. The summed E-state index contributed by atoms with van der Waals surface area (Å²) in [4.78, 5) is 13.0. The first-order valence-corrected chi connectivity index (χ1v) is 9.06. The predicted octanol–water partition coefficient (Wildman–Crippen LogP) is 3.17. The van der Waals surface area contributed by atoms with Gasteiger partial charge in [-0.15, -0.1) is 0 Å². The van der Waals surface area contributed by atoms with Gasteiger partial charge in [-0.25, -0.2) is 4.98 Å². The Morgan fingerprint density at radius 1 is 0.962 bits per heavy atom. The predicted molar refractivity (Wildman–Crippen MR) is 106 cm³/mol. The van der Waals surface area contributed by atoms with Crippen LogP contribution in [0.25, 0.3) is 33.5 Å². The molecule has 0 saturated carbocycles. The lowest BCUT2D eigenvalue weighted by molar-refractivity contribution is 0.313. The van der Waals surface area contributed by atoms with Crippen molar-refractivity contribution in [2.75, 3.05) is 38.1 Å². The van der Waals surface area contributed by atoms with Crippen molar-refractivity contribution in [3.8, 4) is 11.5 Å². The molecule has 6 heteroatoms. The molecule has 132 valence electrons. The summed E-state index contributed by atoms with van der Waals surface area (Å²) in [5.41, 5.74) is 6.41. The van der Waals surface area contributed by atoms with Gasteiger partial charge in [-0.1, -0.05) is 11.6 Å². The van der Waals surface area contributed by atoms with E-state index >= 15 is 0 Å². The third kappa shape index (κ3) is 2.54. The average molecular weight is 346 g/mol. The Balaban J connectivity index is 1.54. The number of H-pyrrole nitrogens is 2. The smallest absolute Gasteiger partial charge is 0.159 e. The first-order valence-electron chi connectivity index (χ1n) is 9.06. The standard InChI is InChI=1S/C20H22N6/c1-13-3-5-16-15(11-13)19(24-23-16)20-21-17-6-4-14(12-18(17)22-20)26-9-7-25(2)8-10-26/h3-6,11-12H,7-10H2,1-2H3,(H,21,22)(H,23,24). The van der Waals surface area contributed by atoms with Crippen LogP contribution >= 0.6 is 0 Å². The minimum atomic E-state index is 0.812. The molecule has 1 aliphatic heterocycles. The number of likely N-dealkylation sites (N-methyl/N-ethyl adjacent to an activating group) is 1. The van der Waals surface area contributed by atoms with Crippen LogP contribution in [-0.2, 0) is 0 Å². The largest absolute Gasteiger partial charge is 0.369 e. The highest BCUT2D eigenvalue weighted by molar-refractivity contribution is 5.93. The Labute approximate surface area is 151 Å². The average Bonchev–Trinajstić information content (AvgIpc) is 3.24. The lowest BCUT2D eigenvalue weighted by Gasteiger charge is -2.34. The van der Waals surface area contributed by atoms with Crippen LogP contribution in [0.15, 0.2) is 36.4 Å². The van der Waals surface area contributed by atoms with Crippen molar-refractivity contribution in [3.05, 3.63) is 42.0 Å². The number of anilines is 1. The summed E-state index contributed by atoms with van der Waals surface area (Å²) in [6.45, 7) is 6.42. The van der Waals surface area contributed by atoms with Crippen LogP contribution in [0, 0.1) is 6.92 Å². The van der Waals surface area contributed by atoms with E-state index in [0.29, 0.717) is 0 Å². The molecule has 26 heavy (non-hydrogen) atoms. The number of hydrogen-bond donors (Lipinski definition) is 2. The van der Waals surface area contributed by atoms with Gasteiger partial charge in [0.25, 0.3) is 0 Å². The van der Waals surface area contributed by atoms with Gasteiger partial charge in [-0.2, -0.15) is 5.10 Å². The quantitative estimate of drug-likeness (QED) is 0.585. The van der Waals surface area contributed by atoms with Gasteiger partial charge < -0.3 is 14.8 Å². The molecule has 0 bridgehead atoms. The minimum absolute atomic E-state index is 0.812. The van der Waals surface area contributed by atoms with Crippen molar-refractivity contribution in [2.45, 2.75) is 6.92 Å². The highest BCUT2D eigenvalue weighted by Gasteiger charge is 2.16. The lowest BCUT2D eigenvalue weighted by Crippen LogP contribution is -2.44. The number of aromatic nitrogens is 4. The number of benzene rings is 2. The molecule has 1 saturated heterocycles. The van der Waals surface area contributed by atoms with Crippen molar-refractivity contribution in [1.82, 2.24) is 25.1 Å². The van der Waals surface area contributed by atoms with Crippen molar-refractivity contribution < 1.29 is 0 Å². The van der Waals surface area contributed by atoms with Gasteiger partial charge in [0.05, 0.1) is 16.6 Å². The van der Waals surface area contributed by atoms with Gasteiger partial charge in [0.1, 0.15) is 5.69 Å². The molecule has 0 unspecified atom stereocenters. The molecule has 3 heterocycles. The summed E-state index contributed by atoms with van der Waals surface area (Å²) in [6.07, 6.45) is 0. The number of imidazole rings is 1. The van der Waals surface area contributed by atoms with Gasteiger partial charge in [0, 0.05) is 37.3 Å². The second-order valence-corrected chi connectivity index (χ2v) is 7.20. The monoisotopic (exact) mass is 346 g/mol. The zero-order valence-electron chi connectivity index (χ0n) is 15.1. The van der Waals surface area contributed by atoms with Gasteiger partial charge in [-0.3, -0.25) is 5.10 Å². The van der Waals surface area contributed by atoms with Crippen molar-refractivity contribution in [1.29, 1.82) is 0 Å². The van der Waals surface area contributed by atoms with Crippen molar-refractivity contribution in [2.24, 2.45) is 0 Å². The maximum atomic E-state index is 4.77. The first kappa shape index (κ1) is 15.4. The van der Waals surface area contributed by atoms with E-state index in [1.807, 2.05) is 0 Å². The van der Waals surface area contributed by atoms with Crippen LogP contribution in [-0.4, -0.2) is 58.3 Å². The molecule has 0 amide bonds. The van der Waals surface area contributed by atoms with E-state index in [2.05, 4.69) is 75.4 Å². The number of nitrogens with one attached hydrogen (secondary N) is 2. The maximum Gasteiger partial charge on any atom is 0.159 e. The molecule has 2 aromatic heterocycles. The zero-order chi connectivity index (χ0) is 17.7. The third-order valence-corrected chi connectivity index (χ3v) is 5.28. The van der Waals surface area contributed by atoms with E-state index in [1.54, 1.807) is 0 Å². The molecule has 4 aromatic rings. The van der Waals surface area contributed by atoms with Crippen LogP contribution in [0.3, 0.4) is 0 Å². The van der Waals surface area contributed by atoms with Crippen LogP contribution < -0.4 is 4.90 Å². The molecule has 0 radical (unpaired) electrons. The second kappa shape index (κ2) is 5.85. The Morgan fingerprint density at radius 2 is 1.81 bits per heavy atom. The van der Waals surface area contributed by atoms with Gasteiger partial charge in [-0.05, 0) is 44.3 Å². The normalized spacial score (nSPS) is 16.0. The van der Waals surface area contributed by atoms with E-state index < -0.39 is 0 Å². The number of piperazine rings is 1. The Kier molecular flexibility index (Phi) is 3.46. The molecule has 2 aromatic carbocycles. The van der Waals surface area contributed by atoms with E-state index in [9.17, 15) is 0 Å². The van der Waals surface area contributed by atoms with E-state index in [-0.39, 0.29) is 0 Å². The Morgan fingerprint density at radius 3 is 2.65 bits per heavy atom. The fourth-order valence-electron chi connectivity index (χ4n) is 3.68. The summed E-state index contributed by atoms with van der Waals surface area (Å²) >= 11 is 0. The molecule has 0 spiro atoms. The summed E-state index contributed by atoms with van der Waals surface area (Å²) in [5.74, 6) is 0.812. The highest BCUT2D eigenvalue weighted by atomic mass is 15.2. The molecule has 1 aliphatic rings. The lowest BCUT2D eigenvalue weighted by atomic mass is 10.1. The first-order chi connectivity index (χ1) is 12.7. The van der Waals surface area contributed by atoms with Crippen LogP contribution in [0.2, 0.25) is 0 Å². The number of fused-ring (bicyclic) bond motifs is 2. The molecule has 0 atom stereocenters. The Bertz CT molecular complexity index is 1080. The molecular weight excluding hydrogens is 324 g/mol. The number of rotatable bonds is 2. The van der Waals surface area contributed by atoms with Gasteiger partial charge in [0.2, 0.25) is 0 Å². The van der Waals surface area contributed by atoms with Crippen LogP contribution in [0.1, 0.15) is 5.56 Å². The third-order valence-electron chi connectivity index (χ3n) is 5.28. The Hall–Kier alpha value is -2.86. The number of aromatic amines is 2. The molecule has 5 rings (SSSR count). The molecule has 2 N–H and O–H groups in total. The highest BCUT2D eigenvalue weighted by Crippen LogP contribution is 2.28. The van der Waals surface area contributed by atoms with Gasteiger partial charge >= 0.3 is 0 Å². The van der Waals surface area contributed by atoms with E-state index in [1.165, 1.54) is 11.3 Å². The van der Waals surface area contributed by atoms with Crippen LogP contribution in [0.5, 0.6) is 0 Å². The van der Waals surface area contributed by atoms with Crippen LogP contribution in [0.4, 0.5) is 5.69 Å². The molecular formula is C20H22N6. The van der Waals surface area contributed by atoms with E-state index in [4.69, 9.17) is 4.98 Å². The molecule has 0 aliphatic carbocycles. The number of aryl methyl sites for hydroxylation is 1. The maximum absolute atomic E-state index is 4.77. The number of hydrogen-bond acceptors (Lipinski definition) is 4. The summed E-state index contributed by atoms with van der Waals surface area (Å²) in [7, 11) is 2.18. The zero-order valence-corrected chi connectivity index (χ0v) is 15.1. The summed E-state index contributed by atoms with van der Waals surface area (Å²) in [5, 5.41) is 8.69. The number of nitrogens with zero attached hydrogens (tertiary/aromatic N) is 4. The van der Waals surface area contributed by atoms with Crippen molar-refractivity contribution >= 4 is 27.6 Å². The van der Waals surface area contributed by atoms with E-state index in [0.717, 1.165) is 59.6 Å². The summed E-state index contributed by atoms with van der Waals surface area (Å²) < 4.78 is 0. The SMILES string of the molecule is Cc1ccc2[nH]nc(-c3nc4ccc(N5CCN(C)CC5)cc4[nH]3)c2c1. The molecule has 6 nitrogen and oxygen atoms in total. The minimum Gasteiger partial charge on any atom is -0.369 e. The fourth-order valence-corrected chi connectivity index (χ4v) is 3.68.